The summed E-state index contributed by atoms with van der Waals surface area (Å²) in [6.45, 7) is 6.67. The number of nitrogens with zero attached hydrogens (tertiary/aromatic N) is 5. The van der Waals surface area contributed by atoms with E-state index in [0.717, 1.165) is 28.9 Å². The number of hydrogen-bond acceptors (Lipinski definition) is 6. The van der Waals surface area contributed by atoms with Gasteiger partial charge < -0.3 is 30.0 Å². The zero-order valence-corrected chi connectivity index (χ0v) is 28.7. The Morgan fingerprint density at radius 2 is 1.62 bits per heavy atom. The molecular formula is C36H47ClN6O5. The van der Waals surface area contributed by atoms with Crippen LogP contribution in [-0.4, -0.2) is 124 Å². The summed E-state index contributed by atoms with van der Waals surface area (Å²) in [5.41, 5.74) is 3.84. The number of likely N-dealkylation sites (tertiary alicyclic amines) is 2. The van der Waals surface area contributed by atoms with Crippen LogP contribution in [0.3, 0.4) is 0 Å². The zero-order valence-electron chi connectivity index (χ0n) is 27.9. The van der Waals surface area contributed by atoms with Gasteiger partial charge in [0.05, 0.1) is 5.92 Å². The molecule has 3 fully saturated rings. The molecule has 12 heteroatoms. The van der Waals surface area contributed by atoms with E-state index in [2.05, 4.69) is 15.1 Å². The first kappa shape index (κ1) is 34.2. The molecule has 4 amide bonds. The van der Waals surface area contributed by atoms with Gasteiger partial charge in [-0.3, -0.25) is 19.3 Å². The number of halogens is 1. The molecule has 11 nitrogen and oxygen atoms in total. The second-order valence-corrected chi connectivity index (χ2v) is 14.3. The number of carboxylic acid groups (broad SMARTS) is 1. The van der Waals surface area contributed by atoms with E-state index in [4.69, 9.17) is 11.6 Å². The highest BCUT2D eigenvalue weighted by molar-refractivity contribution is 6.31. The Hall–Kier alpha value is -3.67. The number of likely N-dealkylation sites (N-methyl/N-ethyl adjacent to an activating group) is 1. The number of urea groups is 1. The number of aliphatic carboxylic acids is 1. The summed E-state index contributed by atoms with van der Waals surface area (Å²) in [7, 11) is 1.95. The topological polar surface area (TPSA) is 117 Å². The summed E-state index contributed by atoms with van der Waals surface area (Å²) < 4.78 is 0. The van der Waals surface area contributed by atoms with Crippen LogP contribution in [0.5, 0.6) is 0 Å². The predicted octanol–water partition coefficient (Wildman–Crippen LogP) is 3.93. The van der Waals surface area contributed by atoms with Crippen molar-refractivity contribution in [2.45, 2.75) is 70.1 Å². The number of aryl methyl sites for hydroxylation is 1. The Kier molecular flexibility index (Phi) is 10.6. The summed E-state index contributed by atoms with van der Waals surface area (Å²) >= 11 is 6.30. The highest BCUT2D eigenvalue weighted by Crippen LogP contribution is 2.29. The maximum absolute atomic E-state index is 14.1. The zero-order chi connectivity index (χ0) is 33.9. The van der Waals surface area contributed by atoms with Crippen molar-refractivity contribution in [1.82, 2.24) is 24.5 Å². The van der Waals surface area contributed by atoms with Gasteiger partial charge in [0, 0.05) is 81.6 Å². The van der Waals surface area contributed by atoms with Gasteiger partial charge in [0.2, 0.25) is 11.8 Å². The Labute approximate surface area is 287 Å². The van der Waals surface area contributed by atoms with Gasteiger partial charge in [-0.1, -0.05) is 41.9 Å². The maximum Gasteiger partial charge on any atom is 0.322 e. The first-order valence-corrected chi connectivity index (χ1v) is 17.6. The Morgan fingerprint density at radius 3 is 2.33 bits per heavy atom. The predicted molar refractivity (Wildman–Crippen MR) is 184 cm³/mol. The van der Waals surface area contributed by atoms with Gasteiger partial charge in [-0.15, -0.1) is 0 Å². The number of carboxylic acids is 1. The molecule has 2 atom stereocenters. The molecule has 0 aromatic heterocycles. The van der Waals surface area contributed by atoms with Gasteiger partial charge in [0.25, 0.3) is 0 Å². The van der Waals surface area contributed by atoms with Crippen LogP contribution in [0.1, 0.15) is 48.8 Å². The van der Waals surface area contributed by atoms with Crippen LogP contribution in [0.15, 0.2) is 42.5 Å². The maximum atomic E-state index is 14.1. The molecule has 0 saturated carbocycles. The molecule has 2 aromatic carbocycles. The van der Waals surface area contributed by atoms with E-state index in [-0.39, 0.29) is 36.3 Å². The first-order valence-electron chi connectivity index (χ1n) is 17.2. The molecule has 4 aliphatic rings. The quantitative estimate of drug-likeness (QED) is 0.435. The number of fused-ring (bicyclic) bond motifs is 1. The summed E-state index contributed by atoms with van der Waals surface area (Å²) in [6.07, 6.45) is 3.35. The minimum Gasteiger partial charge on any atom is -0.480 e. The van der Waals surface area contributed by atoms with Crippen LogP contribution in [0.2, 0.25) is 5.02 Å². The average molecular weight is 679 g/mol. The number of carbonyl (C=O) groups is 4. The van der Waals surface area contributed by atoms with E-state index in [1.165, 1.54) is 0 Å². The summed E-state index contributed by atoms with van der Waals surface area (Å²) in [4.78, 5) is 62.6. The smallest absolute Gasteiger partial charge is 0.322 e. The van der Waals surface area contributed by atoms with E-state index in [1.807, 2.05) is 71.1 Å². The monoisotopic (exact) mass is 678 g/mol. The van der Waals surface area contributed by atoms with Gasteiger partial charge in [0.1, 0.15) is 6.04 Å². The van der Waals surface area contributed by atoms with Crippen molar-refractivity contribution in [1.29, 1.82) is 0 Å². The van der Waals surface area contributed by atoms with Gasteiger partial charge in [-0.05, 0) is 74.9 Å². The second kappa shape index (κ2) is 14.8. The van der Waals surface area contributed by atoms with Crippen molar-refractivity contribution < 1.29 is 24.3 Å². The summed E-state index contributed by atoms with van der Waals surface area (Å²) in [5.74, 6) is -1.39. The molecule has 3 saturated heterocycles. The van der Waals surface area contributed by atoms with E-state index in [1.54, 1.807) is 0 Å². The van der Waals surface area contributed by atoms with Crippen LogP contribution in [0, 0.1) is 12.8 Å². The summed E-state index contributed by atoms with van der Waals surface area (Å²) in [5, 5.41) is 13.5. The third-order valence-electron chi connectivity index (χ3n) is 10.7. The van der Waals surface area contributed by atoms with E-state index < -0.39 is 17.9 Å². The van der Waals surface area contributed by atoms with Crippen molar-refractivity contribution in [3.05, 3.63) is 64.2 Å². The number of piperazine rings is 1. The normalized spacial score (nSPS) is 22.3. The van der Waals surface area contributed by atoms with Crippen LogP contribution in [0.25, 0.3) is 0 Å². The molecule has 48 heavy (non-hydrogen) atoms. The van der Waals surface area contributed by atoms with Gasteiger partial charge >= 0.3 is 12.0 Å². The molecule has 0 spiro atoms. The van der Waals surface area contributed by atoms with Crippen LogP contribution < -0.4 is 5.32 Å². The van der Waals surface area contributed by atoms with Crippen LogP contribution in [0.4, 0.5) is 10.5 Å². The average Bonchev–Trinajstić information content (AvgIpc) is 3.09. The third kappa shape index (κ3) is 7.63. The molecule has 4 heterocycles. The lowest BCUT2D eigenvalue weighted by molar-refractivity contribution is -0.149. The van der Waals surface area contributed by atoms with Gasteiger partial charge in [0.15, 0.2) is 0 Å². The number of rotatable bonds is 8. The molecule has 2 aromatic rings. The molecular weight excluding hydrogens is 632 g/mol. The molecule has 0 aliphatic carbocycles. The van der Waals surface area contributed by atoms with Crippen molar-refractivity contribution >= 4 is 41.1 Å². The van der Waals surface area contributed by atoms with Crippen LogP contribution >= 0.6 is 11.6 Å². The Bertz CT molecular complexity index is 1520. The fourth-order valence-electron chi connectivity index (χ4n) is 7.92. The number of carbonyl (C=O) groups excluding carboxylic acids is 3. The number of anilines is 1. The number of para-hydroxylation sites is 1. The Morgan fingerprint density at radius 1 is 0.938 bits per heavy atom. The lowest BCUT2D eigenvalue weighted by Gasteiger charge is -2.45. The number of benzene rings is 2. The fourth-order valence-corrected chi connectivity index (χ4v) is 8.03. The van der Waals surface area contributed by atoms with Crippen molar-refractivity contribution in [3.63, 3.8) is 0 Å². The molecule has 258 valence electrons. The van der Waals surface area contributed by atoms with E-state index >= 15 is 0 Å². The largest absolute Gasteiger partial charge is 0.480 e. The highest BCUT2D eigenvalue weighted by Gasteiger charge is 2.39. The van der Waals surface area contributed by atoms with Crippen molar-refractivity contribution in [2.24, 2.45) is 5.92 Å². The van der Waals surface area contributed by atoms with E-state index in [0.29, 0.717) is 82.9 Å². The Balaban J connectivity index is 1.09. The highest BCUT2D eigenvalue weighted by atomic mass is 35.5. The molecule has 2 N–H and O–H groups in total. The fraction of sp³-hybridized carbons (Fsp3) is 0.556. The first-order chi connectivity index (χ1) is 23.1. The minimum absolute atomic E-state index is 0.0268. The van der Waals surface area contributed by atoms with Crippen LogP contribution in [-0.2, 0) is 27.3 Å². The number of piperidine rings is 2. The SMILES string of the molecule is Cc1cc(CC(CC(=O)N2CCC(N3Cc4ccccc4NC3=O)CC2)C(=O)N2CCC(N3CCN(C)CC3C(=O)O)CC2)ccc1Cl. The second-order valence-electron chi connectivity index (χ2n) is 13.9. The third-order valence-corrected chi connectivity index (χ3v) is 11.2. The standard InChI is InChI=1S/C36H47ClN6O5/c1-24-19-25(7-8-30(24)37)20-27(34(45)41-15-11-28(12-16-41)42-18-17-39(2)23-32(42)35(46)47)21-33(44)40-13-9-29(10-14-40)43-22-26-5-3-4-6-31(26)38-36(43)48/h3-8,19,27-29,32H,9-18,20-23H2,1-2H3,(H,38,48)(H,46,47). The lowest BCUT2D eigenvalue weighted by atomic mass is 9.91. The molecule has 4 aliphatic heterocycles. The van der Waals surface area contributed by atoms with Crippen molar-refractivity contribution in [2.75, 3.05) is 58.2 Å². The van der Waals surface area contributed by atoms with E-state index in [9.17, 15) is 24.3 Å². The van der Waals surface area contributed by atoms with Gasteiger partial charge in [-0.2, -0.15) is 0 Å². The molecule has 6 rings (SSSR count). The molecule has 2 unspecified atom stereocenters. The minimum atomic E-state index is -0.801. The molecule has 0 radical (unpaired) electrons. The number of amides is 4. The summed E-state index contributed by atoms with van der Waals surface area (Å²) in [6, 6.07) is 13.1. The number of hydrogen-bond donors (Lipinski definition) is 2. The molecule has 0 bridgehead atoms. The van der Waals surface area contributed by atoms with Crippen molar-refractivity contribution in [3.8, 4) is 0 Å². The van der Waals surface area contributed by atoms with Gasteiger partial charge in [-0.25, -0.2) is 4.79 Å². The lowest BCUT2D eigenvalue weighted by Crippen LogP contribution is -2.60. The number of nitrogens with one attached hydrogen (secondary N) is 1.